The molecule has 6 heteroatoms. The summed E-state index contributed by atoms with van der Waals surface area (Å²) >= 11 is 0. The fraction of sp³-hybridized carbons (Fsp3) is 0.278. The van der Waals surface area contributed by atoms with Gasteiger partial charge in [-0.1, -0.05) is 6.07 Å². The van der Waals surface area contributed by atoms with Crippen molar-refractivity contribution in [3.8, 4) is 6.07 Å². The molecule has 0 saturated carbocycles. The fourth-order valence-corrected chi connectivity index (χ4v) is 2.80. The number of aliphatic carboxylic acids is 1. The van der Waals surface area contributed by atoms with Crippen molar-refractivity contribution >= 4 is 16.9 Å². The Morgan fingerprint density at radius 2 is 2.08 bits per heavy atom. The van der Waals surface area contributed by atoms with E-state index in [1.807, 2.05) is 36.7 Å². The monoisotopic (exact) mass is 322 g/mol. The van der Waals surface area contributed by atoms with Crippen molar-refractivity contribution in [1.82, 2.24) is 14.1 Å². The largest absolute Gasteiger partial charge is 0.481 e. The summed E-state index contributed by atoms with van der Waals surface area (Å²) in [5, 5.41) is 18.9. The van der Waals surface area contributed by atoms with E-state index >= 15 is 0 Å². The van der Waals surface area contributed by atoms with Crippen LogP contribution in [0.4, 0.5) is 0 Å². The standard InChI is InChI=1S/C18H18N4O2/c19-12-14-4-5-15-6-9-22(16(15)11-14)13-17-20-7-10-21(17)8-2-1-3-18(23)24/h4-7,9-11H,1-3,8,13H2,(H,23,24). The highest BCUT2D eigenvalue weighted by Gasteiger charge is 2.08. The number of rotatable bonds is 7. The van der Waals surface area contributed by atoms with E-state index in [9.17, 15) is 4.79 Å². The molecule has 0 radical (unpaired) electrons. The van der Waals surface area contributed by atoms with Crippen molar-refractivity contribution in [1.29, 1.82) is 5.26 Å². The molecule has 0 fully saturated rings. The van der Waals surface area contributed by atoms with Crippen LogP contribution in [-0.2, 0) is 17.9 Å². The van der Waals surface area contributed by atoms with Crippen molar-refractivity contribution in [2.24, 2.45) is 0 Å². The van der Waals surface area contributed by atoms with Crippen LogP contribution in [0.15, 0.2) is 42.9 Å². The Kier molecular flexibility index (Phi) is 4.62. The van der Waals surface area contributed by atoms with Gasteiger partial charge >= 0.3 is 5.97 Å². The number of nitrogens with zero attached hydrogens (tertiary/aromatic N) is 4. The highest BCUT2D eigenvalue weighted by Crippen LogP contribution is 2.18. The van der Waals surface area contributed by atoms with Gasteiger partial charge in [0.15, 0.2) is 0 Å². The Balaban J connectivity index is 1.74. The molecule has 0 aliphatic heterocycles. The maximum Gasteiger partial charge on any atom is 0.303 e. The fourth-order valence-electron chi connectivity index (χ4n) is 2.80. The first-order chi connectivity index (χ1) is 11.7. The first kappa shape index (κ1) is 15.8. The molecule has 6 nitrogen and oxygen atoms in total. The Bertz CT molecular complexity index is 901. The first-order valence-electron chi connectivity index (χ1n) is 7.88. The molecule has 1 aromatic carbocycles. The molecular weight excluding hydrogens is 304 g/mol. The Labute approximate surface area is 139 Å². The van der Waals surface area contributed by atoms with Gasteiger partial charge in [-0.3, -0.25) is 4.79 Å². The second kappa shape index (κ2) is 7.01. The average molecular weight is 322 g/mol. The summed E-state index contributed by atoms with van der Waals surface area (Å²) in [5.74, 6) is 0.165. The summed E-state index contributed by atoms with van der Waals surface area (Å²) in [4.78, 5) is 15.0. The molecular formula is C18H18N4O2. The van der Waals surface area contributed by atoms with Crippen LogP contribution in [0.25, 0.3) is 10.9 Å². The van der Waals surface area contributed by atoms with Crippen LogP contribution >= 0.6 is 0 Å². The zero-order valence-corrected chi connectivity index (χ0v) is 13.2. The number of aromatic nitrogens is 3. The maximum absolute atomic E-state index is 10.6. The van der Waals surface area contributed by atoms with Crippen molar-refractivity contribution in [2.45, 2.75) is 32.4 Å². The van der Waals surface area contributed by atoms with E-state index in [1.54, 1.807) is 6.20 Å². The number of imidazole rings is 1. The highest BCUT2D eigenvalue weighted by molar-refractivity contribution is 5.81. The van der Waals surface area contributed by atoms with E-state index in [0.717, 1.165) is 29.7 Å². The molecule has 2 aromatic heterocycles. The topological polar surface area (TPSA) is 83.8 Å². The number of aryl methyl sites for hydroxylation is 1. The van der Waals surface area contributed by atoms with Crippen LogP contribution in [0, 0.1) is 11.3 Å². The lowest BCUT2D eigenvalue weighted by Crippen LogP contribution is -2.08. The van der Waals surface area contributed by atoms with Crippen molar-refractivity contribution in [3.05, 3.63) is 54.2 Å². The van der Waals surface area contributed by atoms with Gasteiger partial charge in [0.2, 0.25) is 0 Å². The molecule has 0 spiro atoms. The van der Waals surface area contributed by atoms with Crippen LogP contribution in [0.3, 0.4) is 0 Å². The van der Waals surface area contributed by atoms with Crippen LogP contribution in [0.2, 0.25) is 0 Å². The van der Waals surface area contributed by atoms with E-state index < -0.39 is 5.97 Å². The highest BCUT2D eigenvalue weighted by atomic mass is 16.4. The third-order valence-corrected chi connectivity index (χ3v) is 4.06. The van der Waals surface area contributed by atoms with E-state index in [-0.39, 0.29) is 6.42 Å². The van der Waals surface area contributed by atoms with Crippen LogP contribution in [-0.4, -0.2) is 25.2 Å². The molecule has 122 valence electrons. The van der Waals surface area contributed by atoms with Gasteiger partial charge in [0.1, 0.15) is 5.82 Å². The van der Waals surface area contributed by atoms with Gasteiger partial charge in [0.25, 0.3) is 0 Å². The molecule has 0 atom stereocenters. The van der Waals surface area contributed by atoms with Gasteiger partial charge in [-0.05, 0) is 36.4 Å². The summed E-state index contributed by atoms with van der Waals surface area (Å²) in [5.41, 5.74) is 1.65. The quantitative estimate of drug-likeness (QED) is 0.678. The summed E-state index contributed by atoms with van der Waals surface area (Å²) in [7, 11) is 0. The van der Waals surface area contributed by atoms with Gasteiger partial charge < -0.3 is 14.2 Å². The number of fused-ring (bicyclic) bond motifs is 1. The van der Waals surface area contributed by atoms with Crippen LogP contribution in [0.1, 0.15) is 30.7 Å². The summed E-state index contributed by atoms with van der Waals surface area (Å²) < 4.78 is 4.13. The van der Waals surface area contributed by atoms with Gasteiger partial charge in [-0.15, -0.1) is 0 Å². The SMILES string of the molecule is N#Cc1ccc2ccn(Cc3nccn3CCCCC(=O)O)c2c1. The summed E-state index contributed by atoms with van der Waals surface area (Å²) in [6, 6.07) is 9.84. The molecule has 0 bridgehead atoms. The van der Waals surface area contributed by atoms with E-state index in [0.29, 0.717) is 18.5 Å². The molecule has 0 unspecified atom stereocenters. The lowest BCUT2D eigenvalue weighted by molar-refractivity contribution is -0.137. The lowest BCUT2D eigenvalue weighted by Gasteiger charge is -2.09. The molecule has 0 aliphatic carbocycles. The van der Waals surface area contributed by atoms with E-state index in [2.05, 4.69) is 20.2 Å². The van der Waals surface area contributed by atoms with E-state index in [4.69, 9.17) is 10.4 Å². The van der Waals surface area contributed by atoms with Crippen molar-refractivity contribution in [3.63, 3.8) is 0 Å². The van der Waals surface area contributed by atoms with E-state index in [1.165, 1.54) is 0 Å². The molecule has 24 heavy (non-hydrogen) atoms. The zero-order chi connectivity index (χ0) is 16.9. The van der Waals surface area contributed by atoms with Gasteiger partial charge in [-0.2, -0.15) is 5.26 Å². The zero-order valence-electron chi connectivity index (χ0n) is 13.2. The number of benzene rings is 1. The number of hydrogen-bond acceptors (Lipinski definition) is 3. The number of nitriles is 1. The number of unbranched alkanes of at least 4 members (excludes halogenated alkanes) is 1. The molecule has 0 saturated heterocycles. The lowest BCUT2D eigenvalue weighted by atomic mass is 10.2. The number of carboxylic acids is 1. The minimum absolute atomic E-state index is 0.198. The Morgan fingerprint density at radius 1 is 1.21 bits per heavy atom. The third kappa shape index (κ3) is 3.46. The molecule has 3 rings (SSSR count). The molecule has 3 aromatic rings. The molecule has 2 heterocycles. The van der Waals surface area contributed by atoms with Crippen molar-refractivity contribution < 1.29 is 9.90 Å². The smallest absolute Gasteiger partial charge is 0.303 e. The normalized spacial score (nSPS) is 10.8. The maximum atomic E-state index is 10.6. The second-order valence-electron chi connectivity index (χ2n) is 5.72. The summed E-state index contributed by atoms with van der Waals surface area (Å²) in [6.45, 7) is 1.37. The molecule has 0 aliphatic rings. The second-order valence-corrected chi connectivity index (χ2v) is 5.72. The van der Waals surface area contributed by atoms with Gasteiger partial charge in [-0.25, -0.2) is 4.98 Å². The molecule has 0 amide bonds. The predicted octanol–water partition coefficient (Wildman–Crippen LogP) is 3.01. The Morgan fingerprint density at radius 3 is 2.88 bits per heavy atom. The number of carbonyl (C=O) groups is 1. The molecule has 1 N–H and O–H groups in total. The van der Waals surface area contributed by atoms with Crippen molar-refractivity contribution in [2.75, 3.05) is 0 Å². The predicted molar refractivity (Wildman–Crippen MR) is 89.5 cm³/mol. The average Bonchev–Trinajstić information content (AvgIpc) is 3.18. The minimum atomic E-state index is -0.757. The minimum Gasteiger partial charge on any atom is -0.481 e. The number of hydrogen-bond donors (Lipinski definition) is 1. The van der Waals surface area contributed by atoms with Crippen LogP contribution in [0.5, 0.6) is 0 Å². The van der Waals surface area contributed by atoms with Gasteiger partial charge in [0, 0.05) is 37.1 Å². The number of carboxylic acid groups (broad SMARTS) is 1. The third-order valence-electron chi connectivity index (χ3n) is 4.06. The van der Waals surface area contributed by atoms with Crippen LogP contribution < -0.4 is 0 Å². The summed E-state index contributed by atoms with van der Waals surface area (Å²) in [6.07, 6.45) is 7.34. The van der Waals surface area contributed by atoms with Gasteiger partial charge in [0.05, 0.1) is 18.2 Å². The first-order valence-corrected chi connectivity index (χ1v) is 7.88. The Hall–Kier alpha value is -3.07.